The van der Waals surface area contributed by atoms with Crippen LogP contribution in [0.25, 0.3) is 0 Å². The van der Waals surface area contributed by atoms with E-state index in [0.717, 1.165) is 42.6 Å². The van der Waals surface area contributed by atoms with Gasteiger partial charge in [0.15, 0.2) is 0 Å². The maximum absolute atomic E-state index is 6.23. The predicted octanol–water partition coefficient (Wildman–Crippen LogP) is 2.57. The molecule has 2 saturated carbocycles. The van der Waals surface area contributed by atoms with Crippen molar-refractivity contribution in [3.05, 3.63) is 5.51 Å². The molecule has 2 heterocycles. The van der Waals surface area contributed by atoms with Crippen molar-refractivity contribution in [1.29, 1.82) is 0 Å². The molecule has 4 nitrogen and oxygen atoms in total. The van der Waals surface area contributed by atoms with Crippen LogP contribution in [0.3, 0.4) is 0 Å². The van der Waals surface area contributed by atoms with Gasteiger partial charge >= 0.3 is 0 Å². The zero-order chi connectivity index (χ0) is 12.7. The summed E-state index contributed by atoms with van der Waals surface area (Å²) in [5.41, 5.74) is 1.83. The van der Waals surface area contributed by atoms with Gasteiger partial charge in [0, 0.05) is 25.6 Å². The van der Waals surface area contributed by atoms with Crippen molar-refractivity contribution >= 4 is 16.5 Å². The highest BCUT2D eigenvalue weighted by atomic mass is 32.1. The molecule has 19 heavy (non-hydrogen) atoms. The van der Waals surface area contributed by atoms with E-state index in [1.807, 2.05) is 5.51 Å². The molecule has 1 aliphatic heterocycles. The summed E-state index contributed by atoms with van der Waals surface area (Å²) < 4.78 is 6.23. The Morgan fingerprint density at radius 3 is 3.00 bits per heavy atom. The monoisotopic (exact) mass is 279 g/mol. The number of ether oxygens (including phenoxy) is 1. The lowest BCUT2D eigenvalue weighted by Crippen LogP contribution is -2.34. The van der Waals surface area contributed by atoms with E-state index in [4.69, 9.17) is 4.74 Å². The van der Waals surface area contributed by atoms with Gasteiger partial charge in [-0.1, -0.05) is 17.8 Å². The molecule has 0 bridgehead atoms. The number of nitrogens with zero attached hydrogens (tertiary/aromatic N) is 3. The van der Waals surface area contributed by atoms with Crippen LogP contribution in [0.5, 0.6) is 0 Å². The van der Waals surface area contributed by atoms with Gasteiger partial charge in [-0.25, -0.2) is 0 Å². The minimum absolute atomic E-state index is 0.497. The molecule has 1 saturated heterocycles. The first-order valence-electron chi connectivity index (χ1n) is 7.53. The van der Waals surface area contributed by atoms with Gasteiger partial charge in [0.1, 0.15) is 5.51 Å². The maximum atomic E-state index is 6.23. The van der Waals surface area contributed by atoms with Crippen molar-refractivity contribution in [3.8, 4) is 0 Å². The van der Waals surface area contributed by atoms with E-state index in [2.05, 4.69) is 15.1 Å². The Kier molecular flexibility index (Phi) is 3.19. The number of hydrogen-bond acceptors (Lipinski definition) is 5. The van der Waals surface area contributed by atoms with Crippen LogP contribution in [-0.2, 0) is 4.74 Å². The number of aromatic nitrogens is 2. The molecule has 3 fully saturated rings. The largest absolute Gasteiger partial charge is 0.378 e. The molecule has 5 heteroatoms. The minimum atomic E-state index is 0.497. The lowest BCUT2D eigenvalue weighted by Gasteiger charge is -2.32. The van der Waals surface area contributed by atoms with Crippen LogP contribution < -0.4 is 4.90 Å². The quantitative estimate of drug-likeness (QED) is 0.849. The lowest BCUT2D eigenvalue weighted by molar-refractivity contribution is -0.0231. The van der Waals surface area contributed by atoms with E-state index < -0.39 is 0 Å². The summed E-state index contributed by atoms with van der Waals surface area (Å²) in [5, 5.41) is 9.28. The predicted molar refractivity (Wildman–Crippen MR) is 75.4 cm³/mol. The van der Waals surface area contributed by atoms with Crippen LogP contribution in [-0.4, -0.2) is 36.0 Å². The maximum Gasteiger partial charge on any atom is 0.208 e. The molecule has 3 aliphatic rings. The second-order valence-corrected chi connectivity index (χ2v) is 7.11. The Balaban J connectivity index is 1.42. The number of rotatable bonds is 4. The van der Waals surface area contributed by atoms with Gasteiger partial charge in [-0.15, -0.1) is 10.2 Å². The van der Waals surface area contributed by atoms with Gasteiger partial charge in [-0.2, -0.15) is 0 Å². The Bertz CT molecular complexity index is 420. The first-order valence-corrected chi connectivity index (χ1v) is 8.41. The summed E-state index contributed by atoms with van der Waals surface area (Å²) in [6, 6.07) is 0. The van der Waals surface area contributed by atoms with E-state index in [1.165, 1.54) is 32.1 Å². The molecule has 0 aromatic carbocycles. The summed E-state index contributed by atoms with van der Waals surface area (Å²) in [6.45, 7) is 3.28. The summed E-state index contributed by atoms with van der Waals surface area (Å²) in [4.78, 5) is 2.42. The first-order chi connectivity index (χ1) is 9.40. The van der Waals surface area contributed by atoms with Crippen molar-refractivity contribution in [2.24, 2.45) is 17.8 Å². The SMILES string of the molecule is c1nnc(N2C[C@@H]3CCC[C@@H](OCC4CC4)[C@@H]3C2)s1. The summed E-state index contributed by atoms with van der Waals surface area (Å²) in [6.07, 6.45) is 7.23. The lowest BCUT2D eigenvalue weighted by atomic mass is 9.79. The third kappa shape index (κ3) is 2.50. The molecular weight excluding hydrogens is 258 g/mol. The normalized spacial score (nSPS) is 34.5. The summed E-state index contributed by atoms with van der Waals surface area (Å²) in [5.74, 6) is 2.40. The Labute approximate surface area is 118 Å². The van der Waals surface area contributed by atoms with Crippen molar-refractivity contribution in [2.75, 3.05) is 24.6 Å². The molecule has 3 atom stereocenters. The third-order valence-corrected chi connectivity index (χ3v) is 5.65. The second-order valence-electron chi connectivity index (χ2n) is 6.30. The van der Waals surface area contributed by atoms with E-state index in [-0.39, 0.29) is 0 Å². The van der Waals surface area contributed by atoms with Gasteiger partial charge in [0.2, 0.25) is 5.13 Å². The van der Waals surface area contributed by atoms with Crippen molar-refractivity contribution < 1.29 is 4.74 Å². The Morgan fingerprint density at radius 2 is 2.21 bits per heavy atom. The molecule has 0 amide bonds. The molecule has 0 unspecified atom stereocenters. The van der Waals surface area contributed by atoms with Crippen LogP contribution in [0.4, 0.5) is 5.13 Å². The molecule has 2 aliphatic carbocycles. The van der Waals surface area contributed by atoms with Crippen molar-refractivity contribution in [3.63, 3.8) is 0 Å². The zero-order valence-electron chi connectivity index (χ0n) is 11.2. The van der Waals surface area contributed by atoms with Crippen LogP contribution in [0, 0.1) is 17.8 Å². The second kappa shape index (κ2) is 5.02. The zero-order valence-corrected chi connectivity index (χ0v) is 12.0. The van der Waals surface area contributed by atoms with E-state index in [0.29, 0.717) is 6.10 Å². The molecular formula is C14H21N3OS. The number of hydrogen-bond donors (Lipinski definition) is 0. The fraction of sp³-hybridized carbons (Fsp3) is 0.857. The highest BCUT2D eigenvalue weighted by Crippen LogP contribution is 2.40. The molecule has 1 aromatic heterocycles. The van der Waals surface area contributed by atoms with E-state index >= 15 is 0 Å². The average molecular weight is 279 g/mol. The van der Waals surface area contributed by atoms with E-state index in [9.17, 15) is 0 Å². The molecule has 0 N–H and O–H groups in total. The van der Waals surface area contributed by atoms with Crippen LogP contribution in [0.1, 0.15) is 32.1 Å². The van der Waals surface area contributed by atoms with Gasteiger partial charge in [-0.3, -0.25) is 0 Å². The fourth-order valence-corrected chi connectivity index (χ4v) is 4.21. The van der Waals surface area contributed by atoms with E-state index in [1.54, 1.807) is 11.3 Å². The third-order valence-electron chi connectivity index (χ3n) is 4.89. The molecule has 1 aromatic rings. The highest BCUT2D eigenvalue weighted by molar-refractivity contribution is 7.13. The number of anilines is 1. The number of fused-ring (bicyclic) bond motifs is 1. The first kappa shape index (κ1) is 12.1. The topological polar surface area (TPSA) is 38.2 Å². The van der Waals surface area contributed by atoms with Gasteiger partial charge < -0.3 is 9.64 Å². The van der Waals surface area contributed by atoms with Crippen molar-refractivity contribution in [2.45, 2.75) is 38.2 Å². The smallest absolute Gasteiger partial charge is 0.208 e. The minimum Gasteiger partial charge on any atom is -0.378 e. The molecule has 0 radical (unpaired) electrons. The molecule has 104 valence electrons. The summed E-state index contributed by atoms with van der Waals surface area (Å²) in [7, 11) is 0. The molecule has 4 rings (SSSR count). The van der Waals surface area contributed by atoms with Gasteiger partial charge in [-0.05, 0) is 37.5 Å². The fourth-order valence-electron chi connectivity index (χ4n) is 3.63. The highest BCUT2D eigenvalue weighted by Gasteiger charge is 2.42. The summed E-state index contributed by atoms with van der Waals surface area (Å²) >= 11 is 1.66. The Morgan fingerprint density at radius 1 is 1.26 bits per heavy atom. The Hall–Kier alpha value is -0.680. The van der Waals surface area contributed by atoms with Gasteiger partial charge in [0.05, 0.1) is 6.10 Å². The van der Waals surface area contributed by atoms with Crippen LogP contribution >= 0.6 is 11.3 Å². The van der Waals surface area contributed by atoms with Crippen LogP contribution in [0.15, 0.2) is 5.51 Å². The van der Waals surface area contributed by atoms with Crippen molar-refractivity contribution in [1.82, 2.24) is 10.2 Å². The van der Waals surface area contributed by atoms with Gasteiger partial charge in [0.25, 0.3) is 0 Å². The van der Waals surface area contributed by atoms with Crippen LogP contribution in [0.2, 0.25) is 0 Å². The molecule has 0 spiro atoms. The standard InChI is InChI=1S/C14H21N3OS/c1-2-11-6-17(14-16-15-9-19-14)7-12(11)13(3-1)18-8-10-4-5-10/h9-13H,1-8H2/t11-,12+,13+/m0/s1. The average Bonchev–Trinajstić information content (AvgIpc) is 2.94.